The standard InChI is InChI=1S/C14H15ClF2N2OS/c1-2-11(13-18-5-6-21-13)19-8-9-7-10(15)3-4-12(9)20-14(16)17/h3-7,11,14,19H,2,8H2,1H3. The minimum absolute atomic E-state index is 0.0726. The third-order valence-corrected chi connectivity index (χ3v) is 4.06. The van der Waals surface area contributed by atoms with Crippen LogP contribution < -0.4 is 10.1 Å². The summed E-state index contributed by atoms with van der Waals surface area (Å²) < 4.78 is 29.3. The summed E-state index contributed by atoms with van der Waals surface area (Å²) in [6.07, 6.45) is 2.59. The van der Waals surface area contributed by atoms with Crippen molar-refractivity contribution in [3.63, 3.8) is 0 Å². The van der Waals surface area contributed by atoms with Gasteiger partial charge in [0.25, 0.3) is 0 Å². The number of ether oxygens (including phenoxy) is 1. The van der Waals surface area contributed by atoms with Gasteiger partial charge in [-0.3, -0.25) is 0 Å². The fourth-order valence-corrected chi connectivity index (χ4v) is 2.93. The molecule has 0 fully saturated rings. The van der Waals surface area contributed by atoms with Crippen LogP contribution in [0.25, 0.3) is 0 Å². The van der Waals surface area contributed by atoms with Crippen molar-refractivity contribution in [2.24, 2.45) is 0 Å². The van der Waals surface area contributed by atoms with Crippen LogP contribution in [0.15, 0.2) is 29.8 Å². The Morgan fingerprint density at radius 2 is 2.24 bits per heavy atom. The van der Waals surface area contributed by atoms with Gasteiger partial charge in [-0.25, -0.2) is 4.98 Å². The van der Waals surface area contributed by atoms with E-state index in [1.165, 1.54) is 12.1 Å². The van der Waals surface area contributed by atoms with Gasteiger partial charge in [0.05, 0.1) is 6.04 Å². The molecule has 3 nitrogen and oxygen atoms in total. The summed E-state index contributed by atoms with van der Waals surface area (Å²) in [7, 11) is 0. The molecular formula is C14H15ClF2N2OS. The second-order valence-corrected chi connectivity index (χ2v) is 5.71. The van der Waals surface area contributed by atoms with Gasteiger partial charge < -0.3 is 10.1 Å². The summed E-state index contributed by atoms with van der Waals surface area (Å²) in [6.45, 7) is -0.445. The first-order valence-corrected chi connectivity index (χ1v) is 7.72. The molecule has 114 valence electrons. The summed E-state index contributed by atoms with van der Waals surface area (Å²) in [5.41, 5.74) is 0.595. The third kappa shape index (κ3) is 4.62. The van der Waals surface area contributed by atoms with Crippen molar-refractivity contribution < 1.29 is 13.5 Å². The van der Waals surface area contributed by atoms with E-state index in [0.29, 0.717) is 17.1 Å². The van der Waals surface area contributed by atoms with Crippen LogP contribution in [0.3, 0.4) is 0 Å². The van der Waals surface area contributed by atoms with Crippen LogP contribution in [0.1, 0.15) is 30.0 Å². The van der Waals surface area contributed by atoms with E-state index >= 15 is 0 Å². The van der Waals surface area contributed by atoms with Crippen LogP contribution in [0.2, 0.25) is 5.02 Å². The predicted molar refractivity (Wildman–Crippen MR) is 80.1 cm³/mol. The lowest BCUT2D eigenvalue weighted by Crippen LogP contribution is -2.20. The van der Waals surface area contributed by atoms with Crippen molar-refractivity contribution in [2.45, 2.75) is 32.5 Å². The van der Waals surface area contributed by atoms with Crippen molar-refractivity contribution in [3.05, 3.63) is 45.4 Å². The van der Waals surface area contributed by atoms with Crippen molar-refractivity contribution in [1.29, 1.82) is 0 Å². The third-order valence-electron chi connectivity index (χ3n) is 2.94. The molecule has 0 aliphatic rings. The summed E-state index contributed by atoms with van der Waals surface area (Å²) in [4.78, 5) is 4.27. The highest BCUT2D eigenvalue weighted by molar-refractivity contribution is 7.09. The molecule has 0 spiro atoms. The molecule has 1 aromatic carbocycles. The second-order valence-electron chi connectivity index (χ2n) is 4.34. The van der Waals surface area contributed by atoms with E-state index in [2.05, 4.69) is 15.0 Å². The fraction of sp³-hybridized carbons (Fsp3) is 0.357. The Morgan fingerprint density at radius 3 is 2.86 bits per heavy atom. The summed E-state index contributed by atoms with van der Waals surface area (Å²) >= 11 is 7.48. The molecular weight excluding hydrogens is 318 g/mol. The highest BCUT2D eigenvalue weighted by Gasteiger charge is 2.14. The predicted octanol–water partition coefficient (Wildman–Crippen LogP) is 4.64. The number of benzene rings is 1. The van der Waals surface area contributed by atoms with E-state index in [4.69, 9.17) is 11.6 Å². The van der Waals surface area contributed by atoms with Crippen LogP contribution in [0, 0.1) is 0 Å². The topological polar surface area (TPSA) is 34.1 Å². The first-order valence-electron chi connectivity index (χ1n) is 6.46. The van der Waals surface area contributed by atoms with Crippen molar-refractivity contribution >= 4 is 22.9 Å². The van der Waals surface area contributed by atoms with Crippen LogP contribution in [-0.4, -0.2) is 11.6 Å². The Morgan fingerprint density at radius 1 is 1.43 bits per heavy atom. The van der Waals surface area contributed by atoms with Gasteiger partial charge in [0.2, 0.25) is 0 Å². The van der Waals surface area contributed by atoms with E-state index in [-0.39, 0.29) is 11.8 Å². The first kappa shape index (κ1) is 16.1. The van der Waals surface area contributed by atoms with E-state index in [0.717, 1.165) is 11.4 Å². The Kier molecular flexibility index (Phi) is 5.90. The molecule has 0 aliphatic carbocycles. The average molecular weight is 333 g/mol. The molecule has 2 aromatic rings. The number of rotatable bonds is 7. The summed E-state index contributed by atoms with van der Waals surface area (Å²) in [5, 5.41) is 6.65. The van der Waals surface area contributed by atoms with Crippen LogP contribution in [-0.2, 0) is 6.54 Å². The maximum absolute atomic E-state index is 12.4. The quantitative estimate of drug-likeness (QED) is 0.802. The Balaban J connectivity index is 2.09. The monoisotopic (exact) mass is 332 g/mol. The number of thiazole rings is 1. The van der Waals surface area contributed by atoms with Gasteiger partial charge in [-0.15, -0.1) is 11.3 Å². The SMILES string of the molecule is CCC(NCc1cc(Cl)ccc1OC(F)F)c1nccs1. The van der Waals surface area contributed by atoms with Gasteiger partial charge in [-0.2, -0.15) is 8.78 Å². The first-order chi connectivity index (χ1) is 10.1. The second kappa shape index (κ2) is 7.68. The molecule has 0 saturated carbocycles. The van der Waals surface area contributed by atoms with Gasteiger partial charge in [0.15, 0.2) is 0 Å². The highest BCUT2D eigenvalue weighted by Crippen LogP contribution is 2.26. The lowest BCUT2D eigenvalue weighted by atomic mass is 10.1. The van der Waals surface area contributed by atoms with E-state index in [1.54, 1.807) is 23.6 Å². The molecule has 0 aliphatic heterocycles. The van der Waals surface area contributed by atoms with Gasteiger partial charge >= 0.3 is 6.61 Å². The van der Waals surface area contributed by atoms with E-state index in [1.807, 2.05) is 12.3 Å². The Hall–Kier alpha value is -1.24. The molecule has 1 N–H and O–H groups in total. The van der Waals surface area contributed by atoms with Gasteiger partial charge in [-0.05, 0) is 24.6 Å². The van der Waals surface area contributed by atoms with Gasteiger partial charge in [-0.1, -0.05) is 18.5 Å². The minimum Gasteiger partial charge on any atom is -0.434 e. The van der Waals surface area contributed by atoms with Gasteiger partial charge in [0.1, 0.15) is 10.8 Å². The number of hydrogen-bond acceptors (Lipinski definition) is 4. The highest BCUT2D eigenvalue weighted by atomic mass is 35.5. The molecule has 0 bridgehead atoms. The molecule has 0 saturated heterocycles. The molecule has 7 heteroatoms. The number of aromatic nitrogens is 1. The molecule has 2 rings (SSSR count). The molecule has 0 amide bonds. The maximum atomic E-state index is 12.4. The van der Waals surface area contributed by atoms with Gasteiger partial charge in [0, 0.05) is 28.7 Å². The minimum atomic E-state index is -2.86. The summed E-state index contributed by atoms with van der Waals surface area (Å²) in [6, 6.07) is 4.68. The molecule has 21 heavy (non-hydrogen) atoms. The fourth-order valence-electron chi connectivity index (χ4n) is 1.94. The number of nitrogens with one attached hydrogen (secondary N) is 1. The molecule has 1 unspecified atom stereocenters. The maximum Gasteiger partial charge on any atom is 0.387 e. The van der Waals surface area contributed by atoms with Crippen molar-refractivity contribution in [1.82, 2.24) is 10.3 Å². The zero-order chi connectivity index (χ0) is 15.2. The zero-order valence-corrected chi connectivity index (χ0v) is 12.9. The van der Waals surface area contributed by atoms with Crippen molar-refractivity contribution in [3.8, 4) is 5.75 Å². The largest absolute Gasteiger partial charge is 0.434 e. The number of nitrogens with zero attached hydrogens (tertiary/aromatic N) is 1. The number of hydrogen-bond donors (Lipinski definition) is 1. The zero-order valence-electron chi connectivity index (χ0n) is 11.4. The van der Waals surface area contributed by atoms with E-state index < -0.39 is 6.61 Å². The van der Waals surface area contributed by atoms with Crippen LogP contribution in [0.4, 0.5) is 8.78 Å². The molecule has 1 atom stereocenters. The van der Waals surface area contributed by atoms with Crippen molar-refractivity contribution in [2.75, 3.05) is 0 Å². The molecule has 1 aromatic heterocycles. The lowest BCUT2D eigenvalue weighted by Gasteiger charge is -2.16. The van der Waals surface area contributed by atoms with E-state index in [9.17, 15) is 8.78 Å². The van der Waals surface area contributed by atoms with Crippen LogP contribution >= 0.6 is 22.9 Å². The molecule has 1 heterocycles. The Labute approximate surface area is 130 Å². The average Bonchev–Trinajstić information content (AvgIpc) is 2.96. The molecule has 0 radical (unpaired) electrons. The Bertz CT molecular complexity index is 566. The smallest absolute Gasteiger partial charge is 0.387 e. The normalized spacial score (nSPS) is 12.6. The number of alkyl halides is 2. The van der Waals surface area contributed by atoms with Crippen LogP contribution in [0.5, 0.6) is 5.75 Å². The number of halogens is 3. The lowest BCUT2D eigenvalue weighted by molar-refractivity contribution is -0.0505. The summed E-state index contributed by atoms with van der Waals surface area (Å²) in [5.74, 6) is 0.135.